The summed E-state index contributed by atoms with van der Waals surface area (Å²) >= 11 is 0. The van der Waals surface area contributed by atoms with Gasteiger partial charge in [0, 0.05) is 16.5 Å². The number of para-hydroxylation sites is 1. The molecule has 0 saturated carbocycles. The number of hydrogen-bond donors (Lipinski definition) is 0. The van der Waals surface area contributed by atoms with E-state index >= 15 is 0 Å². The molecule has 0 saturated heterocycles. The Hall–Kier alpha value is -0.690. The maximum atomic E-state index is 8.52. The summed E-state index contributed by atoms with van der Waals surface area (Å²) < 4.78 is 39.0. The van der Waals surface area contributed by atoms with Crippen LogP contribution < -0.4 is 34.3 Å². The van der Waals surface area contributed by atoms with Crippen molar-refractivity contribution in [2.24, 2.45) is 0 Å². The van der Waals surface area contributed by atoms with E-state index < -0.39 is 10.4 Å². The van der Waals surface area contributed by atoms with Crippen molar-refractivity contribution >= 4 is 16.1 Å². The Morgan fingerprint density at radius 2 is 1.75 bits per heavy atom. The van der Waals surface area contributed by atoms with Crippen LogP contribution in [0.5, 0.6) is 5.75 Å². The van der Waals surface area contributed by atoms with Crippen LogP contribution in [0.25, 0.3) is 4.98 Å². The maximum absolute atomic E-state index is 8.52. The quantitative estimate of drug-likeness (QED) is 0.244. The van der Waals surface area contributed by atoms with Crippen LogP contribution in [0, 0.1) is 5.39 Å². The molecule has 0 heterocycles. The topological polar surface area (TPSA) is 118 Å². The van der Waals surface area contributed by atoms with Gasteiger partial charge in [0.1, 0.15) is 0 Å². The van der Waals surface area contributed by atoms with Gasteiger partial charge in [0.2, 0.25) is 11.1 Å². The monoisotopic (exact) mass is 254 g/mol. The number of diazo groups is 1. The summed E-state index contributed by atoms with van der Waals surface area (Å²) in [5, 5.41) is 8.39. The largest absolute Gasteiger partial charge is 1.00 e. The second kappa shape index (κ2) is 8.46. The van der Waals surface area contributed by atoms with Crippen molar-refractivity contribution in [1.82, 2.24) is 0 Å². The van der Waals surface area contributed by atoms with E-state index in [9.17, 15) is 0 Å². The standard InChI is InChI=1S/C7H7N2O.Na.H2O4S/c1-10-7-5-3-2-4-6(7)9-8;;1-5(2,3)4/h2-5H,1H3;;(H2,1,2,3,4)/q2*+1;/p-2. The summed E-state index contributed by atoms with van der Waals surface area (Å²) in [7, 11) is -3.63. The van der Waals surface area contributed by atoms with Gasteiger partial charge in [-0.05, 0) is 6.07 Å². The molecule has 82 valence electrons. The number of methoxy groups -OCH3 is 1. The Labute approximate surface area is 115 Å². The third kappa shape index (κ3) is 9.85. The van der Waals surface area contributed by atoms with Crippen molar-refractivity contribution in [3.63, 3.8) is 0 Å². The van der Waals surface area contributed by atoms with E-state index in [0.717, 1.165) is 0 Å². The average molecular weight is 254 g/mol. The zero-order valence-electron chi connectivity index (χ0n) is 8.65. The maximum Gasteiger partial charge on any atom is 1.00 e. The summed E-state index contributed by atoms with van der Waals surface area (Å²) in [5.41, 5.74) is 0.449. The Morgan fingerprint density at radius 1 is 1.31 bits per heavy atom. The minimum absolute atomic E-state index is 0. The molecule has 0 N–H and O–H groups in total. The average Bonchev–Trinajstić information content (AvgIpc) is 2.15. The molecule has 7 nitrogen and oxygen atoms in total. The van der Waals surface area contributed by atoms with Crippen molar-refractivity contribution in [1.29, 1.82) is 5.39 Å². The molecule has 0 fully saturated rings. The number of rotatable bonds is 1. The van der Waals surface area contributed by atoms with E-state index in [1.54, 1.807) is 18.2 Å². The molecule has 1 aromatic rings. The van der Waals surface area contributed by atoms with Crippen LogP contribution in [0.2, 0.25) is 0 Å². The molecule has 16 heavy (non-hydrogen) atoms. The molecule has 1 aromatic carbocycles. The number of ether oxygens (including phenoxy) is 1. The first kappa shape index (κ1) is 17.7. The van der Waals surface area contributed by atoms with Gasteiger partial charge in [0.15, 0.2) is 4.98 Å². The molecule has 1 rings (SSSR count). The van der Waals surface area contributed by atoms with E-state index in [1.807, 2.05) is 6.07 Å². The zero-order valence-corrected chi connectivity index (χ0v) is 11.5. The van der Waals surface area contributed by atoms with Crippen LogP contribution in [0.3, 0.4) is 0 Å². The second-order valence-corrected chi connectivity index (χ2v) is 3.00. The van der Waals surface area contributed by atoms with Gasteiger partial charge in [0.05, 0.1) is 7.11 Å². The molecular weight excluding hydrogens is 247 g/mol. The normalized spacial score (nSPS) is 8.88. The molecule has 0 atom stereocenters. The number of nitrogens with zero attached hydrogens (tertiary/aromatic N) is 2. The fourth-order valence-corrected chi connectivity index (χ4v) is 0.712. The van der Waals surface area contributed by atoms with E-state index in [-0.39, 0.29) is 29.6 Å². The zero-order chi connectivity index (χ0) is 11.9. The van der Waals surface area contributed by atoms with Crippen molar-refractivity contribution in [2.75, 3.05) is 7.11 Å². The van der Waals surface area contributed by atoms with Gasteiger partial charge in [-0.25, -0.2) is 0 Å². The fourth-order valence-electron chi connectivity index (χ4n) is 0.712. The van der Waals surface area contributed by atoms with Gasteiger partial charge >= 0.3 is 35.2 Å². The molecular formula is C7H7N2NaO5S. The van der Waals surface area contributed by atoms with E-state index in [4.69, 9.17) is 27.7 Å². The summed E-state index contributed by atoms with van der Waals surface area (Å²) in [6, 6.07) is 6.99. The fraction of sp³-hybridized carbons (Fsp3) is 0.143. The SMILES string of the molecule is COc1ccccc1[N+]#N.O=S(=O)([O-])[O-].[Na+]. The predicted molar refractivity (Wildman–Crippen MR) is 48.2 cm³/mol. The first-order chi connectivity index (χ1) is 6.88. The van der Waals surface area contributed by atoms with Crippen LogP contribution in [0.4, 0.5) is 5.69 Å². The van der Waals surface area contributed by atoms with Gasteiger partial charge in [0.25, 0.3) is 0 Å². The number of benzene rings is 1. The summed E-state index contributed by atoms with van der Waals surface area (Å²) in [6.07, 6.45) is 0. The van der Waals surface area contributed by atoms with Gasteiger partial charge in [-0.1, -0.05) is 12.1 Å². The third-order valence-corrected chi connectivity index (χ3v) is 1.19. The first-order valence-electron chi connectivity index (χ1n) is 3.53. The van der Waals surface area contributed by atoms with Gasteiger partial charge in [-0.2, -0.15) is 0 Å². The van der Waals surface area contributed by atoms with E-state index in [1.165, 1.54) is 7.11 Å². The molecule has 0 aromatic heterocycles. The summed E-state index contributed by atoms with van der Waals surface area (Å²) in [5.74, 6) is 0.574. The van der Waals surface area contributed by atoms with E-state index in [0.29, 0.717) is 11.4 Å². The molecule has 0 amide bonds. The van der Waals surface area contributed by atoms with Crippen LogP contribution >= 0.6 is 0 Å². The van der Waals surface area contributed by atoms with Gasteiger partial charge in [-0.15, -0.1) is 0 Å². The predicted octanol–water partition coefficient (Wildman–Crippen LogP) is -2.15. The Kier molecular flexibility index (Phi) is 9.36. The van der Waals surface area contributed by atoms with Crippen LogP contribution in [-0.4, -0.2) is 24.6 Å². The Bertz CT molecular complexity index is 448. The minimum atomic E-state index is -5.17. The Morgan fingerprint density at radius 3 is 2.06 bits per heavy atom. The van der Waals surface area contributed by atoms with Crippen LogP contribution in [0.1, 0.15) is 0 Å². The molecule has 0 radical (unpaired) electrons. The Balaban J connectivity index is 0. The molecule has 9 heteroatoms. The summed E-state index contributed by atoms with van der Waals surface area (Å²) in [6.45, 7) is 0. The minimum Gasteiger partial charge on any atom is -0.759 e. The first-order valence-corrected chi connectivity index (χ1v) is 4.86. The molecule has 0 unspecified atom stereocenters. The van der Waals surface area contributed by atoms with Crippen molar-refractivity contribution in [3.8, 4) is 5.75 Å². The van der Waals surface area contributed by atoms with Gasteiger partial charge < -0.3 is 13.8 Å². The third-order valence-electron chi connectivity index (χ3n) is 1.19. The second-order valence-electron chi connectivity index (χ2n) is 2.18. The van der Waals surface area contributed by atoms with Crippen LogP contribution in [-0.2, 0) is 10.4 Å². The molecule has 0 aliphatic carbocycles. The van der Waals surface area contributed by atoms with E-state index in [2.05, 4.69) is 4.98 Å². The van der Waals surface area contributed by atoms with Gasteiger partial charge in [-0.3, -0.25) is 8.42 Å². The molecule has 0 spiro atoms. The number of hydrogen-bond acceptors (Lipinski definition) is 6. The molecule has 0 aliphatic heterocycles. The van der Waals surface area contributed by atoms with Crippen LogP contribution in [0.15, 0.2) is 24.3 Å². The van der Waals surface area contributed by atoms with Crippen molar-refractivity contribution in [3.05, 3.63) is 29.2 Å². The van der Waals surface area contributed by atoms with Crippen molar-refractivity contribution in [2.45, 2.75) is 0 Å². The molecule has 0 bridgehead atoms. The molecule has 0 aliphatic rings. The van der Waals surface area contributed by atoms with Crippen molar-refractivity contribution < 1.29 is 51.8 Å². The smallest absolute Gasteiger partial charge is 0.759 e. The summed E-state index contributed by atoms with van der Waals surface area (Å²) in [4.78, 5) is 3.02.